The number of hydrogen-bond acceptors (Lipinski definition) is 7. The largest absolute Gasteiger partial charge is 0.467 e. The number of likely N-dealkylation sites (tertiary alicyclic amines) is 1. The van der Waals surface area contributed by atoms with E-state index in [1.165, 1.54) is 30.2 Å². The third-order valence-corrected chi connectivity index (χ3v) is 9.91. The van der Waals surface area contributed by atoms with Crippen LogP contribution in [-0.2, 0) is 14.3 Å². The molecule has 0 bridgehead atoms. The second kappa shape index (κ2) is 8.06. The normalized spacial score (nSPS) is 25.5. The van der Waals surface area contributed by atoms with Crippen molar-refractivity contribution in [3.8, 4) is 0 Å². The number of esters is 1. The Morgan fingerprint density at radius 2 is 1.74 bits per heavy atom. The number of rotatable bonds is 4. The van der Waals surface area contributed by atoms with Gasteiger partial charge in [0.2, 0.25) is 5.91 Å². The van der Waals surface area contributed by atoms with Crippen molar-refractivity contribution in [2.24, 2.45) is 16.7 Å². The summed E-state index contributed by atoms with van der Waals surface area (Å²) in [6.45, 7) is 10.7. The predicted octanol–water partition coefficient (Wildman–Crippen LogP) is 3.22. The molecule has 1 aromatic rings. The van der Waals surface area contributed by atoms with Crippen LogP contribution < -0.4 is 0 Å². The Morgan fingerprint density at radius 1 is 1.10 bits per heavy atom. The van der Waals surface area contributed by atoms with Gasteiger partial charge < -0.3 is 14.5 Å². The fourth-order valence-corrected chi connectivity index (χ4v) is 7.14. The smallest absolute Gasteiger partial charge is 0.339 e. The molecule has 3 fully saturated rings. The van der Waals surface area contributed by atoms with Crippen molar-refractivity contribution in [1.29, 1.82) is 0 Å². The molecule has 7 nitrogen and oxygen atoms in total. The van der Waals surface area contributed by atoms with Gasteiger partial charge in [0.05, 0.1) is 12.1 Å². The first-order valence-corrected chi connectivity index (χ1v) is 12.8. The van der Waals surface area contributed by atoms with Crippen molar-refractivity contribution in [1.82, 2.24) is 14.8 Å². The number of carbonyl (C=O) groups is 3. The van der Waals surface area contributed by atoms with E-state index in [9.17, 15) is 14.4 Å². The molecule has 31 heavy (non-hydrogen) atoms. The quantitative estimate of drug-likeness (QED) is 0.635. The summed E-state index contributed by atoms with van der Waals surface area (Å²) in [6.07, 6.45) is 1.73. The van der Waals surface area contributed by atoms with Crippen LogP contribution in [0.1, 0.15) is 62.0 Å². The second-order valence-corrected chi connectivity index (χ2v) is 11.9. The monoisotopic (exact) mass is 465 g/mol. The highest BCUT2D eigenvalue weighted by molar-refractivity contribution is 8.00. The Balaban J connectivity index is 1.36. The van der Waals surface area contributed by atoms with Crippen molar-refractivity contribution < 1.29 is 19.1 Å². The van der Waals surface area contributed by atoms with E-state index < -0.39 is 11.3 Å². The standard InChI is InChI=1S/C22H31N3O4S2/c1-21(2)15(22(21,3)4)18(27)24-8-6-13(7-9-24)16-23-14(12-31-16)17(26)25-10-11-30-19(25)20(28)29-5/h12-13,15,19H,6-11H2,1-5H3. The zero-order valence-electron chi connectivity index (χ0n) is 18.8. The van der Waals surface area contributed by atoms with Crippen molar-refractivity contribution in [2.45, 2.75) is 51.8 Å². The summed E-state index contributed by atoms with van der Waals surface area (Å²) in [5.41, 5.74) is 0.513. The minimum absolute atomic E-state index is 0.0570. The summed E-state index contributed by atoms with van der Waals surface area (Å²) in [5.74, 6) is 0.744. The number of amides is 2. The molecule has 2 saturated heterocycles. The fraction of sp³-hybridized carbons (Fsp3) is 0.727. The Bertz CT molecular complexity index is 875. The molecule has 170 valence electrons. The van der Waals surface area contributed by atoms with Crippen LogP contribution >= 0.6 is 23.1 Å². The molecule has 1 unspecified atom stereocenters. The Hall–Kier alpha value is -1.61. The lowest BCUT2D eigenvalue weighted by Gasteiger charge is -2.32. The maximum atomic E-state index is 13.0. The van der Waals surface area contributed by atoms with Crippen LogP contribution in [0.3, 0.4) is 0 Å². The van der Waals surface area contributed by atoms with Crippen molar-refractivity contribution in [3.63, 3.8) is 0 Å². The summed E-state index contributed by atoms with van der Waals surface area (Å²) >= 11 is 2.92. The van der Waals surface area contributed by atoms with E-state index in [4.69, 9.17) is 4.74 Å². The average Bonchev–Trinajstić information content (AvgIpc) is 3.27. The minimum Gasteiger partial charge on any atom is -0.467 e. The molecule has 1 aromatic heterocycles. The van der Waals surface area contributed by atoms with Gasteiger partial charge in [-0.2, -0.15) is 0 Å². The molecule has 1 saturated carbocycles. The third kappa shape index (κ3) is 3.77. The van der Waals surface area contributed by atoms with E-state index in [2.05, 4.69) is 32.7 Å². The molecule has 1 aliphatic carbocycles. The van der Waals surface area contributed by atoms with Crippen LogP contribution in [-0.4, -0.2) is 70.4 Å². The number of methoxy groups -OCH3 is 1. The lowest BCUT2D eigenvalue weighted by atomic mass is 9.96. The second-order valence-electron chi connectivity index (χ2n) is 9.79. The number of thioether (sulfide) groups is 1. The molecule has 2 aliphatic heterocycles. The first-order chi connectivity index (χ1) is 14.6. The maximum absolute atomic E-state index is 13.0. The molecule has 0 spiro atoms. The van der Waals surface area contributed by atoms with Crippen LogP contribution in [0.2, 0.25) is 0 Å². The zero-order valence-corrected chi connectivity index (χ0v) is 20.5. The van der Waals surface area contributed by atoms with E-state index in [0.717, 1.165) is 30.9 Å². The summed E-state index contributed by atoms with van der Waals surface area (Å²) < 4.78 is 4.82. The molecule has 1 atom stereocenters. The van der Waals surface area contributed by atoms with Gasteiger partial charge in [-0.15, -0.1) is 23.1 Å². The molecule has 3 heterocycles. The van der Waals surface area contributed by atoms with Gasteiger partial charge >= 0.3 is 5.97 Å². The van der Waals surface area contributed by atoms with E-state index in [0.29, 0.717) is 18.0 Å². The minimum atomic E-state index is -0.590. The SMILES string of the molecule is COC(=O)C1SCCN1C(=O)c1csc(C2CCN(C(=O)C3C(C)(C)C3(C)C)CC2)n1. The highest BCUT2D eigenvalue weighted by Crippen LogP contribution is 2.68. The van der Waals surface area contributed by atoms with Crippen LogP contribution in [0.4, 0.5) is 0 Å². The van der Waals surface area contributed by atoms with Crippen molar-refractivity contribution >= 4 is 40.9 Å². The number of hydrogen-bond donors (Lipinski definition) is 0. The van der Waals surface area contributed by atoms with Crippen LogP contribution in [0.5, 0.6) is 0 Å². The molecule has 2 amide bonds. The molecule has 4 rings (SSSR count). The fourth-order valence-electron chi connectivity index (χ4n) is 5.04. The predicted molar refractivity (Wildman–Crippen MR) is 121 cm³/mol. The topological polar surface area (TPSA) is 79.8 Å². The first kappa shape index (κ1) is 22.6. The molecular weight excluding hydrogens is 434 g/mol. The molecular formula is C22H31N3O4S2. The van der Waals surface area contributed by atoms with Gasteiger partial charge in [0.25, 0.3) is 5.91 Å². The number of ether oxygens (including phenoxy) is 1. The summed E-state index contributed by atoms with van der Waals surface area (Å²) in [6, 6.07) is 0. The van der Waals surface area contributed by atoms with Crippen LogP contribution in [0.15, 0.2) is 5.38 Å². The van der Waals surface area contributed by atoms with E-state index in [1.54, 1.807) is 10.3 Å². The van der Waals surface area contributed by atoms with Gasteiger partial charge in [0, 0.05) is 42.6 Å². The number of carbonyl (C=O) groups excluding carboxylic acids is 3. The van der Waals surface area contributed by atoms with Gasteiger partial charge in [-0.05, 0) is 23.7 Å². The number of thiazole rings is 1. The number of nitrogens with zero attached hydrogens (tertiary/aromatic N) is 3. The summed E-state index contributed by atoms with van der Waals surface area (Å²) in [5, 5.41) is 2.15. The van der Waals surface area contributed by atoms with Gasteiger partial charge in [-0.1, -0.05) is 27.7 Å². The lowest BCUT2D eigenvalue weighted by Crippen LogP contribution is -2.40. The number of aromatic nitrogens is 1. The highest BCUT2D eigenvalue weighted by Gasteiger charge is 2.68. The Labute approximate surface area is 191 Å². The Morgan fingerprint density at radius 3 is 2.32 bits per heavy atom. The molecule has 0 N–H and O–H groups in total. The van der Waals surface area contributed by atoms with Crippen molar-refractivity contribution in [3.05, 3.63) is 16.1 Å². The van der Waals surface area contributed by atoms with Crippen LogP contribution in [0, 0.1) is 16.7 Å². The average molecular weight is 466 g/mol. The third-order valence-electron chi connectivity index (χ3n) is 7.72. The van der Waals surface area contributed by atoms with Crippen LogP contribution in [0.25, 0.3) is 0 Å². The summed E-state index contributed by atoms with van der Waals surface area (Å²) in [4.78, 5) is 46.1. The molecule has 0 aromatic carbocycles. The van der Waals surface area contributed by atoms with Gasteiger partial charge in [0.1, 0.15) is 5.69 Å². The van der Waals surface area contributed by atoms with Crippen molar-refractivity contribution in [2.75, 3.05) is 32.5 Å². The molecule has 0 radical (unpaired) electrons. The van der Waals surface area contributed by atoms with Gasteiger partial charge in [-0.3, -0.25) is 9.59 Å². The van der Waals surface area contributed by atoms with E-state index in [1.807, 2.05) is 4.90 Å². The highest BCUT2D eigenvalue weighted by atomic mass is 32.2. The number of piperidine rings is 1. The zero-order chi connectivity index (χ0) is 22.6. The maximum Gasteiger partial charge on any atom is 0.339 e. The Kier molecular flexibility index (Phi) is 5.87. The van der Waals surface area contributed by atoms with E-state index >= 15 is 0 Å². The first-order valence-electron chi connectivity index (χ1n) is 10.8. The summed E-state index contributed by atoms with van der Waals surface area (Å²) in [7, 11) is 1.34. The lowest BCUT2D eigenvalue weighted by molar-refractivity contribution is -0.142. The molecule has 3 aliphatic rings. The molecule has 9 heteroatoms. The van der Waals surface area contributed by atoms with Gasteiger partial charge in [0.15, 0.2) is 5.37 Å². The van der Waals surface area contributed by atoms with Gasteiger partial charge in [-0.25, -0.2) is 9.78 Å². The van der Waals surface area contributed by atoms with E-state index in [-0.39, 0.29) is 34.5 Å².